The van der Waals surface area contributed by atoms with Gasteiger partial charge in [-0.15, -0.1) is 0 Å². The molecule has 0 fully saturated rings. The highest BCUT2D eigenvalue weighted by atomic mass is 79.9. The van der Waals surface area contributed by atoms with Crippen LogP contribution in [0.1, 0.15) is 15.9 Å². The molecule has 0 aliphatic heterocycles. The number of nitrogens with one attached hydrogen (secondary N) is 1. The molecule has 1 amide bonds. The molecule has 4 nitrogen and oxygen atoms in total. The van der Waals surface area contributed by atoms with Crippen molar-refractivity contribution in [1.29, 1.82) is 0 Å². The van der Waals surface area contributed by atoms with Crippen molar-refractivity contribution in [2.45, 2.75) is 6.54 Å². The van der Waals surface area contributed by atoms with Crippen molar-refractivity contribution >= 4 is 55.2 Å². The van der Waals surface area contributed by atoms with Gasteiger partial charge in [-0.2, -0.15) is 5.10 Å². The van der Waals surface area contributed by atoms with Crippen LogP contribution in [0.2, 0.25) is 5.02 Å². The monoisotopic (exact) mass is 467 g/mol. The van der Waals surface area contributed by atoms with Gasteiger partial charge in [0.05, 0.1) is 11.0 Å². The SMILES string of the molecule is O=C(Nc1nn(Cc2ccc(Cl)cc2)cc1Br)c1cccc(Br)c1. The first-order valence-electron chi connectivity index (χ1n) is 7.05. The molecule has 1 heterocycles. The molecule has 0 atom stereocenters. The van der Waals surface area contributed by atoms with E-state index >= 15 is 0 Å². The second kappa shape index (κ2) is 7.51. The molecular weight excluding hydrogens is 457 g/mol. The highest BCUT2D eigenvalue weighted by Gasteiger charge is 2.12. The predicted molar refractivity (Wildman–Crippen MR) is 103 cm³/mol. The highest BCUT2D eigenvalue weighted by Crippen LogP contribution is 2.22. The van der Waals surface area contributed by atoms with E-state index in [1.54, 1.807) is 16.8 Å². The molecule has 0 unspecified atom stereocenters. The van der Waals surface area contributed by atoms with E-state index in [1.807, 2.05) is 42.6 Å². The first kappa shape index (κ1) is 17.2. The summed E-state index contributed by atoms with van der Waals surface area (Å²) in [4.78, 5) is 12.3. The summed E-state index contributed by atoms with van der Waals surface area (Å²) in [5.41, 5.74) is 1.63. The zero-order valence-electron chi connectivity index (χ0n) is 12.3. The van der Waals surface area contributed by atoms with Crippen LogP contribution in [-0.2, 0) is 6.54 Å². The molecule has 7 heteroatoms. The summed E-state index contributed by atoms with van der Waals surface area (Å²) < 4.78 is 3.33. The lowest BCUT2D eigenvalue weighted by Crippen LogP contribution is -2.13. The van der Waals surface area contributed by atoms with Gasteiger partial charge in [-0.05, 0) is 51.8 Å². The van der Waals surface area contributed by atoms with Gasteiger partial charge in [-0.25, -0.2) is 0 Å². The number of aromatic nitrogens is 2. The Morgan fingerprint density at radius 2 is 1.92 bits per heavy atom. The van der Waals surface area contributed by atoms with Crippen molar-refractivity contribution in [2.24, 2.45) is 0 Å². The van der Waals surface area contributed by atoms with E-state index in [-0.39, 0.29) is 5.91 Å². The quantitative estimate of drug-likeness (QED) is 0.559. The number of nitrogens with zero attached hydrogens (tertiary/aromatic N) is 2. The Labute approximate surface area is 161 Å². The highest BCUT2D eigenvalue weighted by molar-refractivity contribution is 9.10. The average Bonchev–Trinajstić information content (AvgIpc) is 2.89. The van der Waals surface area contributed by atoms with Gasteiger partial charge in [0.25, 0.3) is 5.91 Å². The summed E-state index contributed by atoms with van der Waals surface area (Å²) in [6.45, 7) is 0.586. The number of halogens is 3. The van der Waals surface area contributed by atoms with E-state index in [4.69, 9.17) is 11.6 Å². The van der Waals surface area contributed by atoms with Gasteiger partial charge in [0.1, 0.15) is 0 Å². The number of hydrogen-bond acceptors (Lipinski definition) is 2. The third kappa shape index (κ3) is 4.26. The fourth-order valence-electron chi connectivity index (χ4n) is 2.15. The van der Waals surface area contributed by atoms with Crippen molar-refractivity contribution in [3.63, 3.8) is 0 Å². The molecule has 0 bridgehead atoms. The molecule has 1 N–H and O–H groups in total. The van der Waals surface area contributed by atoms with Crippen molar-refractivity contribution in [3.8, 4) is 0 Å². The van der Waals surface area contributed by atoms with Crippen LogP contribution in [0, 0.1) is 0 Å². The summed E-state index contributed by atoms with van der Waals surface area (Å²) in [7, 11) is 0. The van der Waals surface area contributed by atoms with E-state index in [9.17, 15) is 4.79 Å². The number of amides is 1. The van der Waals surface area contributed by atoms with E-state index in [2.05, 4.69) is 42.3 Å². The molecule has 0 saturated carbocycles. The van der Waals surface area contributed by atoms with Crippen LogP contribution in [0.4, 0.5) is 5.82 Å². The Morgan fingerprint density at radius 1 is 1.17 bits per heavy atom. The zero-order chi connectivity index (χ0) is 17.1. The lowest BCUT2D eigenvalue weighted by molar-refractivity contribution is 0.102. The molecule has 2 aromatic carbocycles. The van der Waals surface area contributed by atoms with Crippen molar-refractivity contribution < 1.29 is 4.79 Å². The van der Waals surface area contributed by atoms with Crippen LogP contribution in [0.15, 0.2) is 63.7 Å². The normalized spacial score (nSPS) is 10.6. The van der Waals surface area contributed by atoms with Gasteiger partial charge in [0.15, 0.2) is 5.82 Å². The average molecular weight is 470 g/mol. The lowest BCUT2D eigenvalue weighted by Gasteiger charge is -2.04. The minimum absolute atomic E-state index is 0.214. The first-order valence-corrected chi connectivity index (χ1v) is 9.02. The number of carbonyl (C=O) groups is 1. The third-order valence-corrected chi connectivity index (χ3v) is 4.62. The molecule has 3 aromatic rings. The van der Waals surface area contributed by atoms with Crippen molar-refractivity contribution in [2.75, 3.05) is 5.32 Å². The number of rotatable bonds is 4. The summed E-state index contributed by atoms with van der Waals surface area (Å²) in [5.74, 6) is 0.266. The molecule has 0 spiro atoms. The zero-order valence-corrected chi connectivity index (χ0v) is 16.3. The minimum Gasteiger partial charge on any atom is -0.304 e. The van der Waals surface area contributed by atoms with Crippen molar-refractivity contribution in [1.82, 2.24) is 9.78 Å². The first-order chi connectivity index (χ1) is 11.5. The fourth-order valence-corrected chi connectivity index (χ4v) is 3.09. The molecule has 1 aromatic heterocycles. The Balaban J connectivity index is 1.74. The van der Waals surface area contributed by atoms with Crippen LogP contribution in [-0.4, -0.2) is 15.7 Å². The second-order valence-corrected chi connectivity index (χ2v) is 7.32. The molecule has 0 radical (unpaired) electrons. The predicted octanol–water partition coefficient (Wildman–Crippen LogP) is 5.36. The molecular formula is C17H12Br2ClN3O. The Kier molecular flexibility index (Phi) is 5.38. The topological polar surface area (TPSA) is 46.9 Å². The molecule has 24 heavy (non-hydrogen) atoms. The van der Waals surface area contributed by atoms with Gasteiger partial charge in [-0.1, -0.05) is 45.7 Å². The number of carbonyl (C=O) groups excluding carboxylic acids is 1. The van der Waals surface area contributed by atoms with Crippen LogP contribution >= 0.6 is 43.5 Å². The summed E-state index contributed by atoms with van der Waals surface area (Å²) in [6.07, 6.45) is 1.82. The minimum atomic E-state index is -0.214. The van der Waals surface area contributed by atoms with Crippen LogP contribution in [0.3, 0.4) is 0 Å². The molecule has 0 saturated heterocycles. The maximum Gasteiger partial charge on any atom is 0.256 e. The number of hydrogen-bond donors (Lipinski definition) is 1. The van der Waals surface area contributed by atoms with Gasteiger partial charge in [-0.3, -0.25) is 9.48 Å². The van der Waals surface area contributed by atoms with E-state index in [1.165, 1.54) is 0 Å². The molecule has 122 valence electrons. The number of benzene rings is 2. The van der Waals surface area contributed by atoms with Gasteiger partial charge >= 0.3 is 0 Å². The van der Waals surface area contributed by atoms with E-state index in [0.29, 0.717) is 22.9 Å². The molecule has 0 aliphatic rings. The summed E-state index contributed by atoms with van der Waals surface area (Å²) >= 11 is 12.7. The standard InChI is InChI=1S/C17H12Br2ClN3O/c18-13-3-1-2-12(8-13)17(24)21-16-15(19)10-23(22-16)9-11-4-6-14(20)7-5-11/h1-8,10H,9H2,(H,21,22,24). The van der Waals surface area contributed by atoms with E-state index in [0.717, 1.165) is 14.5 Å². The van der Waals surface area contributed by atoms with Gasteiger partial charge in [0.2, 0.25) is 0 Å². The fraction of sp³-hybridized carbons (Fsp3) is 0.0588. The number of anilines is 1. The maximum atomic E-state index is 12.3. The Hall–Kier alpha value is -1.63. The summed E-state index contributed by atoms with van der Waals surface area (Å²) in [6, 6.07) is 14.7. The van der Waals surface area contributed by atoms with E-state index < -0.39 is 0 Å². The largest absolute Gasteiger partial charge is 0.304 e. The lowest BCUT2D eigenvalue weighted by atomic mass is 10.2. The second-order valence-electron chi connectivity index (χ2n) is 5.11. The molecule has 0 aliphatic carbocycles. The maximum absolute atomic E-state index is 12.3. The van der Waals surface area contributed by atoms with Gasteiger partial charge < -0.3 is 5.32 Å². The van der Waals surface area contributed by atoms with Crippen LogP contribution in [0.5, 0.6) is 0 Å². The van der Waals surface area contributed by atoms with Gasteiger partial charge in [0, 0.05) is 21.3 Å². The Bertz CT molecular complexity index is 878. The van der Waals surface area contributed by atoms with Crippen LogP contribution < -0.4 is 5.32 Å². The third-order valence-electron chi connectivity index (χ3n) is 3.29. The van der Waals surface area contributed by atoms with Crippen molar-refractivity contribution in [3.05, 3.63) is 79.8 Å². The van der Waals surface area contributed by atoms with Crippen LogP contribution in [0.25, 0.3) is 0 Å². The molecule has 3 rings (SSSR count). The Morgan fingerprint density at radius 3 is 2.62 bits per heavy atom. The summed E-state index contributed by atoms with van der Waals surface area (Å²) in [5, 5.41) is 7.91. The smallest absolute Gasteiger partial charge is 0.256 e.